The predicted molar refractivity (Wildman–Crippen MR) is 146 cm³/mol. The summed E-state index contributed by atoms with van der Waals surface area (Å²) >= 11 is 14.3. The molecule has 1 fully saturated rings. The molecule has 3 aromatic rings. The number of anilines is 1. The molecule has 3 heterocycles. The third kappa shape index (κ3) is 4.52. The molecule has 1 aromatic heterocycles. The number of carbonyl (C=O) groups excluding carboxylic acids is 1. The quantitative estimate of drug-likeness (QED) is 0.470. The van der Waals surface area contributed by atoms with Crippen molar-refractivity contribution in [1.29, 1.82) is 0 Å². The van der Waals surface area contributed by atoms with Crippen LogP contribution in [-0.2, 0) is 11.3 Å². The van der Waals surface area contributed by atoms with Crippen LogP contribution in [0, 0.1) is 5.82 Å². The van der Waals surface area contributed by atoms with Gasteiger partial charge in [0, 0.05) is 46.8 Å². The van der Waals surface area contributed by atoms with E-state index in [4.69, 9.17) is 23.2 Å². The van der Waals surface area contributed by atoms with Gasteiger partial charge in [0.25, 0.3) is 0 Å². The largest absolute Gasteiger partial charge is 0.390 e. The molecule has 1 amide bonds. The Bertz CT molecular complexity index is 1490. The molecule has 0 saturated carbocycles. The molecule has 1 N–H and O–H groups in total. The molecule has 11 heteroatoms. The normalized spacial score (nSPS) is 21.7. The summed E-state index contributed by atoms with van der Waals surface area (Å²) in [4.78, 5) is 34.7. The number of rotatable bonds is 3. The second-order valence-electron chi connectivity index (χ2n) is 9.43. The topological polar surface area (TPSA) is 78.7 Å². The monoisotopic (exact) mass is 562 g/mol. The number of thioether (sulfide) groups is 1. The fourth-order valence-electron chi connectivity index (χ4n) is 5.31. The Morgan fingerprint density at radius 2 is 1.89 bits per heavy atom. The molecule has 0 spiro atoms. The lowest BCUT2D eigenvalue weighted by molar-refractivity contribution is -0.130. The van der Waals surface area contributed by atoms with Crippen molar-refractivity contribution in [2.24, 2.45) is 0 Å². The highest BCUT2D eigenvalue weighted by atomic mass is 35.5. The summed E-state index contributed by atoms with van der Waals surface area (Å²) in [5.74, 6) is 0.128. The van der Waals surface area contributed by atoms with Crippen molar-refractivity contribution < 1.29 is 14.3 Å². The first-order chi connectivity index (χ1) is 17.6. The standard InChI is InChI=1S/C26H25Cl2FN4O3S/c1-4-21(35)33-13(2)9-31(10-14(33)3)25-17-8-19(28)22(15-5-6-20(29)18(27)7-15)24-23(17)32(26(36)30-25)11-16(34)12-37-24/h4-8,13-14,16,34H,1,9-12H2,2-3H3/t13-,14+,16?. The molecule has 194 valence electrons. The molecule has 2 aromatic carbocycles. The van der Waals surface area contributed by atoms with Crippen LogP contribution in [0.25, 0.3) is 22.0 Å². The van der Waals surface area contributed by atoms with Crippen LogP contribution in [-0.4, -0.2) is 62.5 Å². The fourth-order valence-corrected chi connectivity index (χ4v) is 7.05. The summed E-state index contributed by atoms with van der Waals surface area (Å²) in [6.07, 6.45) is 0.535. The van der Waals surface area contributed by atoms with Gasteiger partial charge in [0.05, 0.1) is 28.2 Å². The van der Waals surface area contributed by atoms with Crippen molar-refractivity contribution in [2.45, 2.75) is 43.5 Å². The predicted octanol–water partition coefficient (Wildman–Crippen LogP) is 4.59. The number of halogens is 3. The number of nitrogens with zero attached hydrogens (tertiary/aromatic N) is 4. The molecular weight excluding hydrogens is 538 g/mol. The molecule has 5 rings (SSSR count). The summed E-state index contributed by atoms with van der Waals surface area (Å²) < 4.78 is 15.4. The van der Waals surface area contributed by atoms with Crippen LogP contribution in [0.4, 0.5) is 10.2 Å². The molecule has 1 unspecified atom stereocenters. The molecule has 0 aliphatic carbocycles. The minimum Gasteiger partial charge on any atom is -0.390 e. The number of aliphatic hydroxyl groups is 1. The molecule has 1 saturated heterocycles. The van der Waals surface area contributed by atoms with Crippen molar-refractivity contribution in [3.05, 3.63) is 63.3 Å². The van der Waals surface area contributed by atoms with Crippen molar-refractivity contribution >= 4 is 57.6 Å². The van der Waals surface area contributed by atoms with E-state index in [1.54, 1.807) is 17.0 Å². The van der Waals surface area contributed by atoms with Gasteiger partial charge in [-0.25, -0.2) is 9.18 Å². The summed E-state index contributed by atoms with van der Waals surface area (Å²) in [7, 11) is 0. The number of hydrogen-bond donors (Lipinski definition) is 1. The second-order valence-corrected chi connectivity index (χ2v) is 11.3. The maximum Gasteiger partial charge on any atom is 0.350 e. The highest BCUT2D eigenvalue weighted by Crippen LogP contribution is 2.46. The summed E-state index contributed by atoms with van der Waals surface area (Å²) in [5, 5.41) is 11.6. The van der Waals surface area contributed by atoms with Crippen LogP contribution in [0.1, 0.15) is 13.8 Å². The molecule has 2 aliphatic heterocycles. The van der Waals surface area contributed by atoms with Crippen LogP contribution in [0.15, 0.2) is 46.6 Å². The van der Waals surface area contributed by atoms with E-state index in [0.29, 0.717) is 56.6 Å². The smallest absolute Gasteiger partial charge is 0.350 e. The van der Waals surface area contributed by atoms with E-state index in [-0.39, 0.29) is 29.6 Å². The zero-order valence-corrected chi connectivity index (χ0v) is 22.6. The van der Waals surface area contributed by atoms with Gasteiger partial charge in [-0.1, -0.05) is 35.8 Å². The molecule has 7 nitrogen and oxygen atoms in total. The molecule has 0 bridgehead atoms. The molecule has 37 heavy (non-hydrogen) atoms. The van der Waals surface area contributed by atoms with Gasteiger partial charge in [0.2, 0.25) is 5.91 Å². The molecule has 2 aliphatic rings. The highest BCUT2D eigenvalue weighted by Gasteiger charge is 2.34. The van der Waals surface area contributed by atoms with Crippen molar-refractivity contribution in [3.8, 4) is 11.1 Å². The molecule has 0 radical (unpaired) electrons. The Labute approximate surface area is 227 Å². The third-order valence-corrected chi connectivity index (χ3v) is 8.64. The van der Waals surface area contributed by atoms with Crippen molar-refractivity contribution in [3.63, 3.8) is 0 Å². The minimum atomic E-state index is -0.775. The van der Waals surface area contributed by atoms with Crippen LogP contribution in [0.2, 0.25) is 10.0 Å². The molecular formula is C26H25Cl2FN4O3S. The van der Waals surface area contributed by atoms with Gasteiger partial charge in [-0.2, -0.15) is 4.98 Å². The van der Waals surface area contributed by atoms with Gasteiger partial charge >= 0.3 is 5.69 Å². The number of amides is 1. The van der Waals surface area contributed by atoms with Crippen molar-refractivity contribution in [1.82, 2.24) is 14.5 Å². The average Bonchev–Trinajstić information content (AvgIpc) is 3.02. The Kier molecular flexibility index (Phi) is 7.00. The second kappa shape index (κ2) is 9.94. The lowest BCUT2D eigenvalue weighted by Gasteiger charge is -2.44. The van der Waals surface area contributed by atoms with Crippen molar-refractivity contribution in [2.75, 3.05) is 23.7 Å². The van der Waals surface area contributed by atoms with Gasteiger partial charge in [0.15, 0.2) is 0 Å². The van der Waals surface area contributed by atoms with Crippen LogP contribution < -0.4 is 10.6 Å². The van der Waals surface area contributed by atoms with Gasteiger partial charge in [-0.05, 0) is 43.7 Å². The minimum absolute atomic E-state index is 0.0396. The van der Waals surface area contributed by atoms with E-state index < -0.39 is 17.6 Å². The zero-order chi connectivity index (χ0) is 26.6. The Hall–Kier alpha value is -2.59. The summed E-state index contributed by atoms with van der Waals surface area (Å²) in [6.45, 7) is 8.52. The first-order valence-corrected chi connectivity index (χ1v) is 13.6. The fraction of sp³-hybridized carbons (Fsp3) is 0.346. The number of aliphatic hydroxyl groups excluding tert-OH is 1. The van der Waals surface area contributed by atoms with Gasteiger partial charge in [0.1, 0.15) is 11.6 Å². The van der Waals surface area contributed by atoms with E-state index in [1.807, 2.05) is 18.7 Å². The SMILES string of the molecule is C=CC(=O)N1[C@H](C)CN(c2nc(=O)n3c4c(c(-c5ccc(F)c(Cl)c5)c(Cl)cc24)SCC(O)C3)C[C@@H]1C. The maximum absolute atomic E-state index is 13.9. The third-order valence-electron chi connectivity index (χ3n) is 6.82. The summed E-state index contributed by atoms with van der Waals surface area (Å²) in [6, 6.07) is 5.86. The Morgan fingerprint density at radius 1 is 1.19 bits per heavy atom. The number of benzene rings is 2. The van der Waals surface area contributed by atoms with E-state index in [9.17, 15) is 19.1 Å². The number of hydrogen-bond acceptors (Lipinski definition) is 6. The van der Waals surface area contributed by atoms with Gasteiger partial charge in [-0.15, -0.1) is 11.8 Å². The van der Waals surface area contributed by atoms with E-state index in [2.05, 4.69) is 11.6 Å². The zero-order valence-electron chi connectivity index (χ0n) is 20.2. The average molecular weight is 563 g/mol. The van der Waals surface area contributed by atoms with Crippen LogP contribution in [0.3, 0.4) is 0 Å². The van der Waals surface area contributed by atoms with E-state index in [1.165, 1.54) is 34.5 Å². The van der Waals surface area contributed by atoms with Gasteiger partial charge < -0.3 is 14.9 Å². The highest BCUT2D eigenvalue weighted by molar-refractivity contribution is 7.99. The number of piperazine rings is 1. The van der Waals surface area contributed by atoms with Gasteiger partial charge in [-0.3, -0.25) is 9.36 Å². The van der Waals surface area contributed by atoms with E-state index in [0.717, 1.165) is 0 Å². The lowest BCUT2D eigenvalue weighted by atomic mass is 10.0. The Morgan fingerprint density at radius 3 is 2.54 bits per heavy atom. The number of carbonyl (C=O) groups is 1. The van der Waals surface area contributed by atoms with Crippen LogP contribution in [0.5, 0.6) is 0 Å². The van der Waals surface area contributed by atoms with Crippen LogP contribution >= 0.6 is 35.0 Å². The maximum atomic E-state index is 13.9. The molecule has 3 atom stereocenters. The lowest BCUT2D eigenvalue weighted by Crippen LogP contribution is -2.58. The summed E-state index contributed by atoms with van der Waals surface area (Å²) in [5.41, 5.74) is 1.35. The Balaban J connectivity index is 1.74. The first kappa shape index (κ1) is 26.0. The van der Waals surface area contributed by atoms with E-state index >= 15 is 0 Å². The first-order valence-electron chi connectivity index (χ1n) is 11.8. The number of aromatic nitrogens is 2.